The van der Waals surface area contributed by atoms with E-state index in [-0.39, 0.29) is 13.2 Å². The molecule has 3 heterocycles. The third-order valence-electron chi connectivity index (χ3n) is 2.94. The van der Waals surface area contributed by atoms with E-state index in [1.807, 2.05) is 6.92 Å². The van der Waals surface area contributed by atoms with Crippen molar-refractivity contribution in [3.63, 3.8) is 0 Å². The minimum Gasteiger partial charge on any atom is -0.488 e. The molecule has 3 aromatic heterocycles. The molecule has 7 heteroatoms. The second-order valence-electron chi connectivity index (χ2n) is 4.57. The van der Waals surface area contributed by atoms with Crippen LogP contribution in [0.2, 0.25) is 0 Å². The van der Waals surface area contributed by atoms with Crippen LogP contribution in [0.4, 0.5) is 0 Å². The van der Waals surface area contributed by atoms with Crippen molar-refractivity contribution in [3.05, 3.63) is 53.5 Å². The maximum absolute atomic E-state index is 12.1. The lowest BCUT2D eigenvalue weighted by Gasteiger charge is -2.06. The highest BCUT2D eigenvalue weighted by molar-refractivity contribution is 7.15. The fourth-order valence-corrected chi connectivity index (χ4v) is 2.76. The highest BCUT2D eigenvalue weighted by atomic mass is 32.1. The van der Waals surface area contributed by atoms with Gasteiger partial charge in [-0.05, 0) is 31.2 Å². The minimum atomic E-state index is -0.466. The summed E-state index contributed by atoms with van der Waals surface area (Å²) >= 11 is 1.39. The number of carbonyl (C=O) groups excluding carboxylic acids is 1. The van der Waals surface area contributed by atoms with Gasteiger partial charge in [-0.25, -0.2) is 9.78 Å². The van der Waals surface area contributed by atoms with E-state index < -0.39 is 5.97 Å². The Hall–Kier alpha value is -2.67. The van der Waals surface area contributed by atoms with Crippen LogP contribution in [-0.4, -0.2) is 29.2 Å². The summed E-state index contributed by atoms with van der Waals surface area (Å²) < 4.78 is 15.9. The lowest BCUT2D eigenvalue weighted by Crippen LogP contribution is -2.13. The average molecular weight is 330 g/mol. The van der Waals surface area contributed by atoms with E-state index in [0.717, 1.165) is 4.88 Å². The van der Waals surface area contributed by atoms with Crippen LogP contribution in [-0.2, 0) is 4.74 Å². The molecule has 0 bridgehead atoms. The van der Waals surface area contributed by atoms with Crippen molar-refractivity contribution >= 4 is 17.3 Å². The van der Waals surface area contributed by atoms with Crippen molar-refractivity contribution in [1.82, 2.24) is 9.97 Å². The summed E-state index contributed by atoms with van der Waals surface area (Å²) in [7, 11) is 0. The predicted octanol–water partition coefficient (Wildman–Crippen LogP) is 3.34. The molecule has 6 nitrogen and oxygen atoms in total. The van der Waals surface area contributed by atoms with E-state index in [1.165, 1.54) is 11.3 Å². The van der Waals surface area contributed by atoms with Crippen molar-refractivity contribution in [3.8, 4) is 16.5 Å². The van der Waals surface area contributed by atoms with Crippen LogP contribution in [0, 0.1) is 6.92 Å². The standard InChI is InChI=1S/C16H14N2O4S/c1-11-14(18-15(23-11)13-5-3-7-21-13)16(19)22-9-8-20-12-4-2-6-17-10-12/h2-7,10H,8-9H2,1H3. The third kappa shape index (κ3) is 3.75. The lowest BCUT2D eigenvalue weighted by atomic mass is 10.4. The van der Waals surface area contributed by atoms with Gasteiger partial charge in [0.25, 0.3) is 0 Å². The zero-order chi connectivity index (χ0) is 16.1. The number of furan rings is 1. The van der Waals surface area contributed by atoms with Gasteiger partial charge in [-0.1, -0.05) is 0 Å². The average Bonchev–Trinajstić information content (AvgIpc) is 3.21. The van der Waals surface area contributed by atoms with Gasteiger partial charge >= 0.3 is 5.97 Å². The molecular formula is C16H14N2O4S. The van der Waals surface area contributed by atoms with Gasteiger partial charge in [0, 0.05) is 11.1 Å². The Morgan fingerprint density at radius 3 is 2.96 bits per heavy atom. The van der Waals surface area contributed by atoms with Crippen LogP contribution in [0.3, 0.4) is 0 Å². The molecule has 0 amide bonds. The molecule has 0 unspecified atom stereocenters. The maximum atomic E-state index is 12.1. The Kier molecular flexibility index (Phi) is 4.68. The first-order chi connectivity index (χ1) is 11.2. The van der Waals surface area contributed by atoms with Crippen LogP contribution in [0.5, 0.6) is 5.75 Å². The summed E-state index contributed by atoms with van der Waals surface area (Å²) in [6.07, 6.45) is 4.83. The Morgan fingerprint density at radius 1 is 1.30 bits per heavy atom. The zero-order valence-electron chi connectivity index (χ0n) is 12.4. The molecule has 0 aromatic carbocycles. The third-order valence-corrected chi connectivity index (χ3v) is 3.93. The molecule has 118 valence electrons. The summed E-state index contributed by atoms with van der Waals surface area (Å²) in [6, 6.07) is 7.14. The quantitative estimate of drug-likeness (QED) is 0.510. The second kappa shape index (κ2) is 7.06. The van der Waals surface area contributed by atoms with E-state index in [2.05, 4.69) is 9.97 Å². The summed E-state index contributed by atoms with van der Waals surface area (Å²) in [6.45, 7) is 2.22. The predicted molar refractivity (Wildman–Crippen MR) is 84.6 cm³/mol. The molecule has 0 saturated heterocycles. The molecule has 0 spiro atoms. The molecular weight excluding hydrogens is 316 g/mol. The number of esters is 1. The van der Waals surface area contributed by atoms with Crippen LogP contribution in [0.25, 0.3) is 10.8 Å². The van der Waals surface area contributed by atoms with Gasteiger partial charge in [0.1, 0.15) is 19.0 Å². The number of aromatic nitrogens is 2. The summed E-state index contributed by atoms with van der Waals surface area (Å²) in [5.41, 5.74) is 0.308. The van der Waals surface area contributed by atoms with E-state index in [9.17, 15) is 4.79 Å². The summed E-state index contributed by atoms with van der Waals surface area (Å²) in [5, 5.41) is 0.658. The first kappa shape index (κ1) is 15.2. The Labute approximate surface area is 136 Å². The largest absolute Gasteiger partial charge is 0.488 e. The molecule has 3 rings (SSSR count). The molecule has 0 N–H and O–H groups in total. The Morgan fingerprint density at radius 2 is 2.22 bits per heavy atom. The van der Waals surface area contributed by atoms with E-state index >= 15 is 0 Å². The van der Waals surface area contributed by atoms with E-state index in [0.29, 0.717) is 22.2 Å². The second-order valence-corrected chi connectivity index (χ2v) is 5.78. The number of ether oxygens (including phenoxy) is 2. The first-order valence-electron chi connectivity index (χ1n) is 6.95. The van der Waals surface area contributed by atoms with Crippen molar-refractivity contribution in [2.45, 2.75) is 6.92 Å². The summed E-state index contributed by atoms with van der Waals surface area (Å²) in [5.74, 6) is 0.803. The number of pyridine rings is 1. The van der Waals surface area contributed by atoms with Crippen molar-refractivity contribution in [1.29, 1.82) is 0 Å². The number of rotatable bonds is 6. The topological polar surface area (TPSA) is 74.5 Å². The van der Waals surface area contributed by atoms with Crippen LogP contribution < -0.4 is 4.74 Å². The highest BCUT2D eigenvalue weighted by Gasteiger charge is 2.18. The number of hydrogen-bond acceptors (Lipinski definition) is 7. The minimum absolute atomic E-state index is 0.140. The molecule has 0 aliphatic carbocycles. The number of aryl methyl sites for hydroxylation is 1. The fourth-order valence-electron chi connectivity index (χ4n) is 1.89. The van der Waals surface area contributed by atoms with Gasteiger partial charge in [0.15, 0.2) is 16.5 Å². The van der Waals surface area contributed by atoms with Crippen molar-refractivity contribution in [2.24, 2.45) is 0 Å². The van der Waals surface area contributed by atoms with Crippen LogP contribution >= 0.6 is 11.3 Å². The lowest BCUT2D eigenvalue weighted by molar-refractivity contribution is 0.0443. The molecule has 3 aromatic rings. The van der Waals surface area contributed by atoms with E-state index in [4.69, 9.17) is 13.9 Å². The molecule has 0 atom stereocenters. The number of nitrogens with zero attached hydrogens (tertiary/aromatic N) is 2. The number of thiazole rings is 1. The summed E-state index contributed by atoms with van der Waals surface area (Å²) in [4.78, 5) is 21.1. The fraction of sp³-hybridized carbons (Fsp3) is 0.188. The van der Waals surface area contributed by atoms with Gasteiger partial charge in [-0.15, -0.1) is 11.3 Å². The van der Waals surface area contributed by atoms with Crippen LogP contribution in [0.1, 0.15) is 15.4 Å². The first-order valence-corrected chi connectivity index (χ1v) is 7.77. The monoisotopic (exact) mass is 330 g/mol. The van der Waals surface area contributed by atoms with Gasteiger partial charge in [-0.3, -0.25) is 4.98 Å². The van der Waals surface area contributed by atoms with Gasteiger partial charge < -0.3 is 13.9 Å². The number of hydrogen-bond donors (Lipinski definition) is 0. The highest BCUT2D eigenvalue weighted by Crippen LogP contribution is 2.28. The molecule has 0 aliphatic heterocycles. The maximum Gasteiger partial charge on any atom is 0.358 e. The van der Waals surface area contributed by atoms with Gasteiger partial charge in [-0.2, -0.15) is 0 Å². The van der Waals surface area contributed by atoms with Crippen LogP contribution in [0.15, 0.2) is 47.3 Å². The normalized spacial score (nSPS) is 10.5. The van der Waals surface area contributed by atoms with Crippen molar-refractivity contribution in [2.75, 3.05) is 13.2 Å². The van der Waals surface area contributed by atoms with Gasteiger partial charge in [0.05, 0.1) is 12.5 Å². The zero-order valence-corrected chi connectivity index (χ0v) is 13.2. The molecule has 0 fully saturated rings. The molecule has 23 heavy (non-hydrogen) atoms. The van der Waals surface area contributed by atoms with E-state index in [1.54, 1.807) is 42.9 Å². The number of carbonyl (C=O) groups is 1. The van der Waals surface area contributed by atoms with Crippen molar-refractivity contribution < 1.29 is 18.7 Å². The molecule has 0 radical (unpaired) electrons. The molecule has 0 aliphatic rings. The molecule has 0 saturated carbocycles. The Bertz CT molecular complexity index is 769. The SMILES string of the molecule is Cc1sc(-c2ccco2)nc1C(=O)OCCOc1cccnc1. The smallest absolute Gasteiger partial charge is 0.358 e. The van der Waals surface area contributed by atoms with Gasteiger partial charge in [0.2, 0.25) is 0 Å². The Balaban J connectivity index is 1.54.